The van der Waals surface area contributed by atoms with E-state index in [2.05, 4.69) is 37.4 Å². The van der Waals surface area contributed by atoms with Gasteiger partial charge in [-0.3, -0.25) is 4.68 Å². The van der Waals surface area contributed by atoms with Gasteiger partial charge >= 0.3 is 0 Å². The van der Waals surface area contributed by atoms with Gasteiger partial charge < -0.3 is 5.32 Å². The predicted molar refractivity (Wildman–Crippen MR) is 67.2 cm³/mol. The highest BCUT2D eigenvalue weighted by molar-refractivity contribution is 9.10. The fourth-order valence-electron chi connectivity index (χ4n) is 1.42. The van der Waals surface area contributed by atoms with Crippen LogP contribution < -0.4 is 5.32 Å². The molecule has 2 aromatic heterocycles. The summed E-state index contributed by atoms with van der Waals surface area (Å²) in [5, 5.41) is 7.43. The maximum atomic E-state index is 4.23. The lowest BCUT2D eigenvalue weighted by molar-refractivity contribution is 0.720. The Labute approximate surface area is 103 Å². The van der Waals surface area contributed by atoms with Gasteiger partial charge in [0.15, 0.2) is 0 Å². The van der Waals surface area contributed by atoms with Crippen molar-refractivity contribution in [1.29, 1.82) is 0 Å². The van der Waals surface area contributed by atoms with Crippen molar-refractivity contribution >= 4 is 21.6 Å². The molecule has 0 aliphatic carbocycles. The van der Waals surface area contributed by atoms with Gasteiger partial charge in [0.05, 0.1) is 24.1 Å². The van der Waals surface area contributed by atoms with E-state index < -0.39 is 0 Å². The number of aryl methyl sites for hydroxylation is 2. The van der Waals surface area contributed by atoms with Crippen molar-refractivity contribution in [1.82, 2.24) is 14.8 Å². The molecule has 2 rings (SSSR count). The molecule has 2 heterocycles. The number of anilines is 1. The van der Waals surface area contributed by atoms with Crippen LogP contribution >= 0.6 is 15.9 Å². The van der Waals surface area contributed by atoms with E-state index in [-0.39, 0.29) is 0 Å². The number of nitrogens with one attached hydrogen (secondary N) is 1. The molecule has 4 nitrogen and oxygen atoms in total. The molecule has 0 bridgehead atoms. The smallest absolute Gasteiger partial charge is 0.109 e. The summed E-state index contributed by atoms with van der Waals surface area (Å²) in [6.07, 6.45) is 3.61. The summed E-state index contributed by atoms with van der Waals surface area (Å²) in [5.74, 6) is 0. The average molecular weight is 281 g/mol. The van der Waals surface area contributed by atoms with E-state index in [9.17, 15) is 0 Å². The SMILES string of the molecule is Cc1cc(NCc2ccnn2C)cnc1Br. The van der Waals surface area contributed by atoms with Gasteiger partial charge in [0.25, 0.3) is 0 Å². The van der Waals surface area contributed by atoms with E-state index in [1.54, 1.807) is 6.20 Å². The molecule has 0 aliphatic heterocycles. The summed E-state index contributed by atoms with van der Waals surface area (Å²) in [5.41, 5.74) is 3.28. The molecular weight excluding hydrogens is 268 g/mol. The van der Waals surface area contributed by atoms with Crippen LogP contribution in [-0.2, 0) is 13.6 Å². The fourth-order valence-corrected chi connectivity index (χ4v) is 1.64. The van der Waals surface area contributed by atoms with Crippen molar-refractivity contribution < 1.29 is 0 Å². The standard InChI is InChI=1S/C11H13BrN4/c1-8-5-9(6-14-11(8)12)13-7-10-3-4-15-16(10)2/h3-6,13H,7H2,1-2H3. The number of pyridine rings is 1. The Kier molecular flexibility index (Phi) is 3.24. The molecule has 0 radical (unpaired) electrons. The summed E-state index contributed by atoms with van der Waals surface area (Å²) < 4.78 is 2.74. The zero-order valence-electron chi connectivity index (χ0n) is 9.24. The van der Waals surface area contributed by atoms with E-state index in [1.807, 2.05) is 30.9 Å². The minimum absolute atomic E-state index is 0.749. The van der Waals surface area contributed by atoms with Crippen molar-refractivity contribution in [3.8, 4) is 0 Å². The molecule has 0 atom stereocenters. The third kappa shape index (κ3) is 2.41. The Balaban J connectivity index is 2.05. The van der Waals surface area contributed by atoms with Crippen LogP contribution in [-0.4, -0.2) is 14.8 Å². The van der Waals surface area contributed by atoms with Crippen LogP contribution in [0.5, 0.6) is 0 Å². The first-order valence-electron chi connectivity index (χ1n) is 4.99. The predicted octanol–water partition coefficient (Wildman–Crippen LogP) is 2.50. The number of hydrogen-bond donors (Lipinski definition) is 1. The highest BCUT2D eigenvalue weighted by atomic mass is 79.9. The summed E-state index contributed by atoms with van der Waals surface area (Å²) in [4.78, 5) is 4.23. The molecule has 1 N–H and O–H groups in total. The zero-order chi connectivity index (χ0) is 11.5. The highest BCUT2D eigenvalue weighted by Gasteiger charge is 2.00. The van der Waals surface area contributed by atoms with E-state index >= 15 is 0 Å². The topological polar surface area (TPSA) is 42.7 Å². The maximum absolute atomic E-state index is 4.23. The molecule has 0 spiro atoms. The molecule has 2 aromatic rings. The lowest BCUT2D eigenvalue weighted by atomic mass is 10.3. The molecule has 0 aliphatic rings. The van der Waals surface area contributed by atoms with Crippen LogP contribution in [0.15, 0.2) is 29.1 Å². The van der Waals surface area contributed by atoms with Gasteiger partial charge in [-0.15, -0.1) is 0 Å². The molecule has 16 heavy (non-hydrogen) atoms. The molecule has 0 saturated carbocycles. The minimum atomic E-state index is 0.749. The fraction of sp³-hybridized carbons (Fsp3) is 0.273. The van der Waals surface area contributed by atoms with Crippen LogP contribution in [0.2, 0.25) is 0 Å². The molecular formula is C11H13BrN4. The van der Waals surface area contributed by atoms with E-state index in [1.165, 1.54) is 0 Å². The van der Waals surface area contributed by atoms with Crippen molar-refractivity contribution in [3.05, 3.63) is 40.4 Å². The summed E-state index contributed by atoms with van der Waals surface area (Å²) in [7, 11) is 1.93. The Morgan fingerprint density at radius 3 is 2.94 bits per heavy atom. The second kappa shape index (κ2) is 4.65. The van der Waals surface area contributed by atoms with Gasteiger partial charge in [-0.1, -0.05) is 0 Å². The van der Waals surface area contributed by atoms with Crippen molar-refractivity contribution in [2.45, 2.75) is 13.5 Å². The first-order chi connectivity index (χ1) is 7.66. The number of hydrogen-bond acceptors (Lipinski definition) is 3. The monoisotopic (exact) mass is 280 g/mol. The normalized spacial score (nSPS) is 10.4. The molecule has 0 amide bonds. The lowest BCUT2D eigenvalue weighted by Gasteiger charge is -2.07. The Hall–Kier alpha value is -1.36. The minimum Gasteiger partial charge on any atom is -0.378 e. The highest BCUT2D eigenvalue weighted by Crippen LogP contribution is 2.17. The number of nitrogens with zero attached hydrogens (tertiary/aromatic N) is 3. The molecule has 5 heteroatoms. The van der Waals surface area contributed by atoms with Crippen LogP contribution in [0.4, 0.5) is 5.69 Å². The number of rotatable bonds is 3. The van der Waals surface area contributed by atoms with E-state index in [4.69, 9.17) is 0 Å². The van der Waals surface area contributed by atoms with Crippen LogP contribution in [0, 0.1) is 6.92 Å². The zero-order valence-corrected chi connectivity index (χ0v) is 10.8. The average Bonchev–Trinajstić information content (AvgIpc) is 2.66. The quantitative estimate of drug-likeness (QED) is 0.879. The Bertz CT molecular complexity index is 492. The second-order valence-electron chi connectivity index (χ2n) is 3.63. The first kappa shape index (κ1) is 11.1. The third-order valence-corrected chi connectivity index (χ3v) is 3.24. The number of aromatic nitrogens is 3. The summed E-state index contributed by atoms with van der Waals surface area (Å²) >= 11 is 3.38. The van der Waals surface area contributed by atoms with Gasteiger partial charge in [0, 0.05) is 13.2 Å². The van der Waals surface area contributed by atoms with Gasteiger partial charge in [-0.25, -0.2) is 4.98 Å². The Morgan fingerprint density at radius 2 is 2.31 bits per heavy atom. The van der Waals surface area contributed by atoms with Gasteiger partial charge in [-0.2, -0.15) is 5.10 Å². The van der Waals surface area contributed by atoms with Crippen molar-refractivity contribution in [2.75, 3.05) is 5.32 Å². The van der Waals surface area contributed by atoms with Crippen LogP contribution in [0.25, 0.3) is 0 Å². The molecule has 84 valence electrons. The second-order valence-corrected chi connectivity index (χ2v) is 4.38. The van der Waals surface area contributed by atoms with Crippen LogP contribution in [0.3, 0.4) is 0 Å². The Morgan fingerprint density at radius 1 is 1.50 bits per heavy atom. The van der Waals surface area contributed by atoms with Gasteiger partial charge in [0.2, 0.25) is 0 Å². The molecule has 0 unspecified atom stereocenters. The first-order valence-corrected chi connectivity index (χ1v) is 5.79. The molecule has 0 aromatic carbocycles. The molecule has 0 saturated heterocycles. The molecule has 0 fully saturated rings. The third-order valence-electron chi connectivity index (χ3n) is 2.41. The van der Waals surface area contributed by atoms with Crippen LogP contribution in [0.1, 0.15) is 11.3 Å². The van der Waals surface area contributed by atoms with Crippen molar-refractivity contribution in [2.24, 2.45) is 7.05 Å². The summed E-state index contributed by atoms with van der Waals surface area (Å²) in [6.45, 7) is 2.77. The van der Waals surface area contributed by atoms with Crippen molar-refractivity contribution in [3.63, 3.8) is 0 Å². The maximum Gasteiger partial charge on any atom is 0.109 e. The lowest BCUT2D eigenvalue weighted by Crippen LogP contribution is -2.05. The van der Waals surface area contributed by atoms with E-state index in [0.29, 0.717) is 0 Å². The van der Waals surface area contributed by atoms with E-state index in [0.717, 1.165) is 28.1 Å². The largest absolute Gasteiger partial charge is 0.378 e. The number of halogens is 1. The van der Waals surface area contributed by atoms with Gasteiger partial charge in [0.1, 0.15) is 4.60 Å². The van der Waals surface area contributed by atoms with Gasteiger partial charge in [-0.05, 0) is 40.5 Å². The summed E-state index contributed by atoms with van der Waals surface area (Å²) in [6, 6.07) is 4.06.